The van der Waals surface area contributed by atoms with Crippen LogP contribution >= 0.6 is 0 Å². The van der Waals surface area contributed by atoms with E-state index in [-0.39, 0.29) is 17.8 Å². The Balaban J connectivity index is 2.19. The zero-order valence-corrected chi connectivity index (χ0v) is 10.2. The van der Waals surface area contributed by atoms with E-state index in [9.17, 15) is 9.18 Å². The van der Waals surface area contributed by atoms with Gasteiger partial charge in [0.05, 0.1) is 17.6 Å². The number of ketones is 1. The predicted octanol–water partition coefficient (Wildman–Crippen LogP) is 3.71. The highest BCUT2D eigenvalue weighted by Crippen LogP contribution is 2.21. The molecule has 0 aliphatic carbocycles. The number of rotatable bonds is 4. The molecule has 2 nitrogen and oxygen atoms in total. The molecule has 0 aliphatic rings. The monoisotopic (exact) mass is 253 g/mol. The van der Waals surface area contributed by atoms with E-state index in [1.807, 2.05) is 18.2 Å². The molecule has 0 N–H and O–H groups in total. The zero-order valence-electron chi connectivity index (χ0n) is 10.2. The fourth-order valence-electron chi connectivity index (χ4n) is 1.91. The molecule has 94 valence electrons. The number of benzene rings is 2. The molecule has 0 saturated heterocycles. The Morgan fingerprint density at radius 2 is 1.74 bits per heavy atom. The third-order valence-corrected chi connectivity index (χ3v) is 2.92. The molecule has 2 aromatic carbocycles. The molecule has 1 unspecified atom stereocenters. The van der Waals surface area contributed by atoms with Crippen molar-refractivity contribution in [1.29, 1.82) is 5.26 Å². The number of hydrogen-bond acceptors (Lipinski definition) is 2. The summed E-state index contributed by atoms with van der Waals surface area (Å²) in [7, 11) is 0. The van der Waals surface area contributed by atoms with Gasteiger partial charge in [0.25, 0.3) is 0 Å². The van der Waals surface area contributed by atoms with Crippen LogP contribution < -0.4 is 0 Å². The summed E-state index contributed by atoms with van der Waals surface area (Å²) < 4.78 is 13.5. The maximum Gasteiger partial charge on any atom is 0.167 e. The summed E-state index contributed by atoms with van der Waals surface area (Å²) >= 11 is 0. The molecule has 19 heavy (non-hydrogen) atoms. The number of nitriles is 1. The van der Waals surface area contributed by atoms with Crippen LogP contribution in [0.5, 0.6) is 0 Å². The summed E-state index contributed by atoms with van der Waals surface area (Å²) in [6.07, 6.45) is -0.0125. The van der Waals surface area contributed by atoms with Gasteiger partial charge in [0, 0.05) is 6.42 Å². The van der Waals surface area contributed by atoms with Crippen LogP contribution in [-0.2, 0) is 0 Å². The number of Topliss-reactive ketones (excluding diaryl/α,β-unsaturated/α-hetero) is 1. The van der Waals surface area contributed by atoms with Gasteiger partial charge in [-0.2, -0.15) is 5.26 Å². The van der Waals surface area contributed by atoms with Crippen molar-refractivity contribution in [3.05, 3.63) is 71.5 Å². The normalized spacial score (nSPS) is 11.6. The Labute approximate surface area is 111 Å². The van der Waals surface area contributed by atoms with E-state index >= 15 is 0 Å². The van der Waals surface area contributed by atoms with E-state index in [1.54, 1.807) is 18.2 Å². The van der Waals surface area contributed by atoms with Crippen molar-refractivity contribution in [1.82, 2.24) is 0 Å². The molecule has 3 heteroatoms. The lowest BCUT2D eigenvalue weighted by Crippen LogP contribution is -2.08. The van der Waals surface area contributed by atoms with Gasteiger partial charge in [0.15, 0.2) is 5.78 Å². The largest absolute Gasteiger partial charge is 0.294 e. The molecule has 2 rings (SSSR count). The van der Waals surface area contributed by atoms with Crippen LogP contribution in [0.15, 0.2) is 54.6 Å². The lowest BCUT2D eigenvalue weighted by molar-refractivity contribution is 0.0975. The second-order valence-electron chi connectivity index (χ2n) is 4.20. The second-order valence-corrected chi connectivity index (χ2v) is 4.20. The lowest BCUT2D eigenvalue weighted by Gasteiger charge is -2.09. The van der Waals surface area contributed by atoms with Crippen LogP contribution in [0.25, 0.3) is 0 Å². The molecule has 0 aliphatic heterocycles. The minimum Gasteiger partial charge on any atom is -0.294 e. The molecule has 2 aromatic rings. The van der Waals surface area contributed by atoms with E-state index in [0.29, 0.717) is 0 Å². The molecule has 0 radical (unpaired) electrons. The number of carbonyl (C=O) groups is 1. The van der Waals surface area contributed by atoms with Gasteiger partial charge in [-0.15, -0.1) is 0 Å². The van der Waals surface area contributed by atoms with Crippen molar-refractivity contribution in [2.45, 2.75) is 12.3 Å². The third kappa shape index (κ3) is 3.05. The summed E-state index contributed by atoms with van der Waals surface area (Å²) in [5.74, 6) is -1.45. The molecular weight excluding hydrogens is 241 g/mol. The first-order chi connectivity index (χ1) is 9.22. The third-order valence-electron chi connectivity index (χ3n) is 2.92. The van der Waals surface area contributed by atoms with Crippen LogP contribution in [0.1, 0.15) is 28.3 Å². The van der Waals surface area contributed by atoms with E-state index in [2.05, 4.69) is 6.07 Å². The molecule has 0 spiro atoms. The maximum absolute atomic E-state index is 13.5. The van der Waals surface area contributed by atoms with Gasteiger partial charge in [-0.1, -0.05) is 42.5 Å². The summed E-state index contributed by atoms with van der Waals surface area (Å²) in [6, 6.07) is 17.0. The average molecular weight is 253 g/mol. The number of nitrogens with zero attached hydrogens (tertiary/aromatic N) is 1. The summed E-state index contributed by atoms with van der Waals surface area (Å²) in [6.45, 7) is 0. The van der Waals surface area contributed by atoms with Crippen molar-refractivity contribution in [3.8, 4) is 6.07 Å². The Kier molecular flexibility index (Phi) is 4.04. The second kappa shape index (κ2) is 5.92. The number of hydrogen-bond donors (Lipinski definition) is 0. The molecule has 1 atom stereocenters. The molecule has 0 aromatic heterocycles. The first-order valence-corrected chi connectivity index (χ1v) is 5.94. The van der Waals surface area contributed by atoms with Crippen molar-refractivity contribution in [3.63, 3.8) is 0 Å². The van der Waals surface area contributed by atoms with Crippen LogP contribution in [0.4, 0.5) is 4.39 Å². The summed E-state index contributed by atoms with van der Waals surface area (Å²) in [5.41, 5.74) is 0.813. The van der Waals surface area contributed by atoms with E-state index in [1.165, 1.54) is 18.2 Å². The topological polar surface area (TPSA) is 40.9 Å². The van der Waals surface area contributed by atoms with E-state index in [0.717, 1.165) is 5.56 Å². The van der Waals surface area contributed by atoms with Gasteiger partial charge in [-0.3, -0.25) is 4.79 Å². The first kappa shape index (κ1) is 13.0. The van der Waals surface area contributed by atoms with E-state index < -0.39 is 11.7 Å². The van der Waals surface area contributed by atoms with Crippen LogP contribution in [0.3, 0.4) is 0 Å². The fourth-order valence-corrected chi connectivity index (χ4v) is 1.91. The highest BCUT2D eigenvalue weighted by Gasteiger charge is 2.18. The molecule has 0 saturated carbocycles. The standard InChI is InChI=1S/C16H12FNO/c17-15-9-5-4-8-14(15)16(19)10-13(11-18)12-6-2-1-3-7-12/h1-9,13H,10H2. The molecule has 0 heterocycles. The SMILES string of the molecule is N#CC(CC(=O)c1ccccc1F)c1ccccc1. The Morgan fingerprint density at radius 3 is 2.37 bits per heavy atom. The number of halogens is 1. The molecule has 0 amide bonds. The smallest absolute Gasteiger partial charge is 0.167 e. The van der Waals surface area contributed by atoms with Gasteiger partial charge in [-0.25, -0.2) is 4.39 Å². The van der Waals surface area contributed by atoms with Gasteiger partial charge in [0.2, 0.25) is 0 Å². The van der Waals surface area contributed by atoms with Crippen molar-refractivity contribution in [2.75, 3.05) is 0 Å². The Hall–Kier alpha value is -2.47. The first-order valence-electron chi connectivity index (χ1n) is 5.94. The molecule has 0 fully saturated rings. The summed E-state index contributed by atoms with van der Waals surface area (Å²) in [5, 5.41) is 9.15. The number of carbonyl (C=O) groups excluding carboxylic acids is 1. The average Bonchev–Trinajstić information content (AvgIpc) is 2.46. The van der Waals surface area contributed by atoms with Gasteiger partial charge in [0.1, 0.15) is 5.82 Å². The van der Waals surface area contributed by atoms with Crippen molar-refractivity contribution < 1.29 is 9.18 Å². The maximum atomic E-state index is 13.5. The molecular formula is C16H12FNO. The Morgan fingerprint density at radius 1 is 1.11 bits per heavy atom. The summed E-state index contributed by atoms with van der Waals surface area (Å²) in [4.78, 5) is 12.0. The van der Waals surface area contributed by atoms with E-state index in [4.69, 9.17) is 5.26 Å². The fraction of sp³-hybridized carbons (Fsp3) is 0.125. The van der Waals surface area contributed by atoms with Gasteiger partial charge in [-0.05, 0) is 17.7 Å². The van der Waals surface area contributed by atoms with Crippen molar-refractivity contribution >= 4 is 5.78 Å². The highest BCUT2D eigenvalue weighted by molar-refractivity contribution is 5.97. The lowest BCUT2D eigenvalue weighted by atomic mass is 9.93. The minimum atomic E-state index is -0.548. The van der Waals surface area contributed by atoms with Crippen LogP contribution in [0.2, 0.25) is 0 Å². The zero-order chi connectivity index (χ0) is 13.7. The highest BCUT2D eigenvalue weighted by atomic mass is 19.1. The van der Waals surface area contributed by atoms with Crippen molar-refractivity contribution in [2.24, 2.45) is 0 Å². The quantitative estimate of drug-likeness (QED) is 0.779. The van der Waals surface area contributed by atoms with Crippen LogP contribution in [0, 0.1) is 17.1 Å². The predicted molar refractivity (Wildman–Crippen MR) is 70.1 cm³/mol. The van der Waals surface area contributed by atoms with Gasteiger partial charge >= 0.3 is 0 Å². The van der Waals surface area contributed by atoms with Crippen LogP contribution in [-0.4, -0.2) is 5.78 Å². The molecule has 0 bridgehead atoms. The minimum absolute atomic E-state index is 0.0125. The Bertz CT molecular complexity index is 616. The van der Waals surface area contributed by atoms with Gasteiger partial charge < -0.3 is 0 Å².